The van der Waals surface area contributed by atoms with Gasteiger partial charge in [0, 0.05) is 22.8 Å². The maximum Gasteiger partial charge on any atom is 0.133 e. The molecule has 0 bridgehead atoms. The van der Waals surface area contributed by atoms with Crippen LogP contribution in [0.25, 0.3) is 0 Å². The van der Waals surface area contributed by atoms with E-state index in [0.717, 1.165) is 5.56 Å². The maximum atomic E-state index is 11.1. The lowest BCUT2D eigenvalue weighted by molar-refractivity contribution is -0.125. The first kappa shape index (κ1) is 12.0. The number of hydrogen-bond acceptors (Lipinski definition) is 2. The Balaban J connectivity index is 2.03. The van der Waals surface area contributed by atoms with Gasteiger partial charge in [-0.15, -0.1) is 0 Å². The van der Waals surface area contributed by atoms with Crippen molar-refractivity contribution in [2.24, 2.45) is 0 Å². The largest absolute Gasteiger partial charge is 0.390 e. The van der Waals surface area contributed by atoms with Gasteiger partial charge in [0.2, 0.25) is 0 Å². The Morgan fingerprint density at radius 3 is 2.31 bits per heavy atom. The van der Waals surface area contributed by atoms with Gasteiger partial charge >= 0.3 is 0 Å². The van der Waals surface area contributed by atoms with Crippen LogP contribution in [-0.4, -0.2) is 16.5 Å². The standard InChI is InChI=1S/C13H15IO2/c14-11-3-1-10(2-4-11)9-13(16)7-5-12(15)6-8-13/h1-4,16H,5-9H2. The SMILES string of the molecule is O=C1CCC(O)(Cc2ccc(I)cc2)CC1. The van der Waals surface area contributed by atoms with Gasteiger partial charge in [-0.05, 0) is 53.1 Å². The minimum Gasteiger partial charge on any atom is -0.390 e. The van der Waals surface area contributed by atoms with Crippen LogP contribution in [0.15, 0.2) is 24.3 Å². The molecule has 0 unspecified atom stereocenters. The molecule has 0 amide bonds. The van der Waals surface area contributed by atoms with E-state index in [0.29, 0.717) is 32.1 Å². The van der Waals surface area contributed by atoms with Crippen molar-refractivity contribution in [2.45, 2.75) is 37.7 Å². The minimum absolute atomic E-state index is 0.285. The summed E-state index contributed by atoms with van der Waals surface area (Å²) >= 11 is 2.27. The number of benzene rings is 1. The van der Waals surface area contributed by atoms with E-state index in [1.807, 2.05) is 12.1 Å². The van der Waals surface area contributed by atoms with Crippen LogP contribution in [0.4, 0.5) is 0 Å². The van der Waals surface area contributed by atoms with Crippen molar-refractivity contribution in [1.82, 2.24) is 0 Å². The van der Waals surface area contributed by atoms with Crippen LogP contribution in [0.3, 0.4) is 0 Å². The Kier molecular flexibility index (Phi) is 3.64. The molecule has 1 saturated carbocycles. The molecule has 86 valence electrons. The van der Waals surface area contributed by atoms with Crippen LogP contribution in [0.2, 0.25) is 0 Å². The third-order valence-corrected chi connectivity index (χ3v) is 3.90. The molecule has 1 aliphatic carbocycles. The normalized spacial score (nSPS) is 19.8. The average Bonchev–Trinajstić information content (AvgIpc) is 2.27. The summed E-state index contributed by atoms with van der Waals surface area (Å²) < 4.78 is 1.20. The zero-order valence-electron chi connectivity index (χ0n) is 9.08. The van der Waals surface area contributed by atoms with Gasteiger partial charge in [-0.1, -0.05) is 12.1 Å². The summed E-state index contributed by atoms with van der Waals surface area (Å²) in [4.78, 5) is 11.1. The first-order valence-corrected chi connectivity index (χ1v) is 6.64. The fourth-order valence-electron chi connectivity index (χ4n) is 2.15. The highest BCUT2D eigenvalue weighted by molar-refractivity contribution is 14.1. The summed E-state index contributed by atoms with van der Waals surface area (Å²) in [5.41, 5.74) is 0.484. The van der Waals surface area contributed by atoms with Crippen LogP contribution in [0.5, 0.6) is 0 Å². The van der Waals surface area contributed by atoms with Crippen molar-refractivity contribution in [3.63, 3.8) is 0 Å². The summed E-state index contributed by atoms with van der Waals surface area (Å²) in [5, 5.41) is 10.4. The summed E-state index contributed by atoms with van der Waals surface area (Å²) in [7, 11) is 0. The smallest absolute Gasteiger partial charge is 0.133 e. The van der Waals surface area contributed by atoms with Gasteiger partial charge in [-0.25, -0.2) is 0 Å². The van der Waals surface area contributed by atoms with Crippen molar-refractivity contribution >= 4 is 28.4 Å². The molecule has 1 aliphatic rings. The number of hydrogen-bond donors (Lipinski definition) is 1. The molecule has 16 heavy (non-hydrogen) atoms. The Morgan fingerprint density at radius 2 is 1.75 bits per heavy atom. The Bertz CT molecular complexity index is 373. The fourth-order valence-corrected chi connectivity index (χ4v) is 2.51. The lowest BCUT2D eigenvalue weighted by Gasteiger charge is -2.31. The van der Waals surface area contributed by atoms with Crippen LogP contribution in [0, 0.1) is 3.57 Å². The Morgan fingerprint density at radius 1 is 1.19 bits per heavy atom. The highest BCUT2D eigenvalue weighted by Crippen LogP contribution is 2.29. The van der Waals surface area contributed by atoms with Gasteiger partial charge in [0.25, 0.3) is 0 Å². The monoisotopic (exact) mass is 330 g/mol. The zero-order chi connectivity index (χ0) is 11.6. The van der Waals surface area contributed by atoms with Crippen molar-refractivity contribution in [3.8, 4) is 0 Å². The molecule has 0 aromatic heterocycles. The molecule has 1 fully saturated rings. The van der Waals surface area contributed by atoms with Crippen LogP contribution < -0.4 is 0 Å². The molecular weight excluding hydrogens is 315 g/mol. The van der Waals surface area contributed by atoms with Crippen molar-refractivity contribution in [3.05, 3.63) is 33.4 Å². The molecule has 2 nitrogen and oxygen atoms in total. The second kappa shape index (κ2) is 4.84. The summed E-state index contributed by atoms with van der Waals surface area (Å²) in [6.07, 6.45) is 2.94. The molecule has 2 rings (SSSR count). The van der Waals surface area contributed by atoms with Gasteiger partial charge in [-0.2, -0.15) is 0 Å². The Labute approximate surface area is 109 Å². The fraction of sp³-hybridized carbons (Fsp3) is 0.462. The predicted octanol–water partition coefficient (Wildman–Crippen LogP) is 2.71. The Hall–Kier alpha value is -0.420. The third-order valence-electron chi connectivity index (χ3n) is 3.18. The molecule has 1 N–H and O–H groups in total. The van der Waals surface area contributed by atoms with E-state index in [9.17, 15) is 9.90 Å². The molecule has 0 saturated heterocycles. The van der Waals surface area contributed by atoms with Crippen LogP contribution >= 0.6 is 22.6 Å². The van der Waals surface area contributed by atoms with Crippen molar-refractivity contribution in [1.29, 1.82) is 0 Å². The van der Waals surface area contributed by atoms with Crippen LogP contribution in [0.1, 0.15) is 31.2 Å². The van der Waals surface area contributed by atoms with Gasteiger partial charge < -0.3 is 5.11 Å². The van der Waals surface area contributed by atoms with E-state index < -0.39 is 5.60 Å². The molecule has 0 radical (unpaired) electrons. The maximum absolute atomic E-state index is 11.1. The lowest BCUT2D eigenvalue weighted by Crippen LogP contribution is -2.36. The number of Topliss-reactive ketones (excluding diaryl/α,β-unsaturated/α-hetero) is 1. The lowest BCUT2D eigenvalue weighted by atomic mass is 9.80. The second-order valence-electron chi connectivity index (χ2n) is 4.57. The molecular formula is C13H15IO2. The van der Waals surface area contributed by atoms with E-state index >= 15 is 0 Å². The first-order chi connectivity index (χ1) is 7.57. The van der Waals surface area contributed by atoms with Gasteiger partial charge in [0.1, 0.15) is 5.78 Å². The number of carbonyl (C=O) groups excluding carboxylic acids is 1. The predicted molar refractivity (Wildman–Crippen MR) is 71.3 cm³/mol. The number of halogens is 1. The molecule has 0 heterocycles. The highest BCUT2D eigenvalue weighted by Gasteiger charge is 2.32. The van der Waals surface area contributed by atoms with Gasteiger partial charge in [0.05, 0.1) is 5.60 Å². The van der Waals surface area contributed by atoms with Crippen molar-refractivity contribution in [2.75, 3.05) is 0 Å². The zero-order valence-corrected chi connectivity index (χ0v) is 11.2. The van der Waals surface area contributed by atoms with Crippen LogP contribution in [-0.2, 0) is 11.2 Å². The quantitative estimate of drug-likeness (QED) is 0.847. The molecule has 1 aromatic carbocycles. The number of carbonyl (C=O) groups is 1. The third kappa shape index (κ3) is 3.04. The van der Waals surface area contributed by atoms with Gasteiger partial charge in [-0.3, -0.25) is 4.79 Å². The first-order valence-electron chi connectivity index (χ1n) is 5.56. The number of ketones is 1. The van der Waals surface area contributed by atoms with E-state index in [1.165, 1.54) is 3.57 Å². The molecule has 3 heteroatoms. The number of rotatable bonds is 2. The van der Waals surface area contributed by atoms with Gasteiger partial charge in [0.15, 0.2) is 0 Å². The van der Waals surface area contributed by atoms with E-state index in [2.05, 4.69) is 34.7 Å². The number of aliphatic hydroxyl groups is 1. The highest BCUT2D eigenvalue weighted by atomic mass is 127. The topological polar surface area (TPSA) is 37.3 Å². The van der Waals surface area contributed by atoms with E-state index in [-0.39, 0.29) is 5.78 Å². The molecule has 0 aliphatic heterocycles. The second-order valence-corrected chi connectivity index (χ2v) is 5.81. The summed E-state index contributed by atoms with van der Waals surface area (Å²) in [6.45, 7) is 0. The molecule has 0 atom stereocenters. The van der Waals surface area contributed by atoms with E-state index in [1.54, 1.807) is 0 Å². The molecule has 0 spiro atoms. The van der Waals surface area contributed by atoms with Crippen molar-refractivity contribution < 1.29 is 9.90 Å². The summed E-state index contributed by atoms with van der Waals surface area (Å²) in [5.74, 6) is 0.285. The van der Waals surface area contributed by atoms with E-state index in [4.69, 9.17) is 0 Å². The average molecular weight is 330 g/mol. The molecule has 1 aromatic rings. The summed E-state index contributed by atoms with van der Waals surface area (Å²) in [6, 6.07) is 8.20. The minimum atomic E-state index is -0.666.